The first-order valence-electron chi connectivity index (χ1n) is 7.22. The Morgan fingerprint density at radius 3 is 2.32 bits per heavy atom. The third-order valence-electron chi connectivity index (χ3n) is 4.24. The van der Waals surface area contributed by atoms with Gasteiger partial charge in [-0.1, -0.05) is 19.1 Å². The molecule has 0 heterocycles. The molecule has 0 aliphatic heterocycles. The number of rotatable bonds is 7. The van der Waals surface area contributed by atoms with Gasteiger partial charge >= 0.3 is 0 Å². The average Bonchev–Trinajstić information content (AvgIpc) is 3.20. The predicted octanol–water partition coefficient (Wildman–Crippen LogP) is 2.57. The van der Waals surface area contributed by atoms with Crippen LogP contribution in [0.3, 0.4) is 0 Å². The number of nitrogens with one attached hydrogen (secondary N) is 1. The molecular weight excluding hydrogens is 236 g/mol. The van der Waals surface area contributed by atoms with Crippen LogP contribution in [0.1, 0.15) is 37.8 Å². The molecule has 19 heavy (non-hydrogen) atoms. The van der Waals surface area contributed by atoms with Crippen LogP contribution in [-0.2, 0) is 0 Å². The molecule has 0 amide bonds. The highest BCUT2D eigenvalue weighted by atomic mass is 16.3. The summed E-state index contributed by atoms with van der Waals surface area (Å²) in [5.74, 6) is 0. The number of anilines is 1. The zero-order chi connectivity index (χ0) is 13.9. The Bertz CT molecular complexity index is 396. The van der Waals surface area contributed by atoms with Gasteiger partial charge in [-0.25, -0.2) is 0 Å². The summed E-state index contributed by atoms with van der Waals surface area (Å²) in [7, 11) is 4.12. The minimum Gasteiger partial charge on any atom is -0.396 e. The predicted molar refractivity (Wildman–Crippen MR) is 80.6 cm³/mol. The molecule has 1 unspecified atom stereocenters. The summed E-state index contributed by atoms with van der Waals surface area (Å²) in [5.41, 5.74) is 2.74. The largest absolute Gasteiger partial charge is 0.396 e. The SMILES string of the molecule is CCC(NCC1(CO)CC1)c1ccc(N(C)C)cc1. The summed E-state index contributed by atoms with van der Waals surface area (Å²) in [4.78, 5) is 2.11. The first-order chi connectivity index (χ1) is 9.10. The monoisotopic (exact) mass is 262 g/mol. The molecule has 1 saturated carbocycles. The maximum absolute atomic E-state index is 9.36. The zero-order valence-electron chi connectivity index (χ0n) is 12.3. The molecule has 1 atom stereocenters. The van der Waals surface area contributed by atoms with Gasteiger partial charge in [-0.05, 0) is 37.0 Å². The van der Waals surface area contributed by atoms with Gasteiger partial charge in [-0.15, -0.1) is 0 Å². The number of hydrogen-bond donors (Lipinski definition) is 2. The van der Waals surface area contributed by atoms with Crippen LogP contribution in [0.2, 0.25) is 0 Å². The Morgan fingerprint density at radius 1 is 1.26 bits per heavy atom. The molecular formula is C16H26N2O. The van der Waals surface area contributed by atoms with Crippen LogP contribution >= 0.6 is 0 Å². The molecule has 2 N–H and O–H groups in total. The fraction of sp³-hybridized carbons (Fsp3) is 0.625. The molecule has 2 rings (SSSR count). The van der Waals surface area contributed by atoms with Gasteiger partial charge in [0.15, 0.2) is 0 Å². The lowest BCUT2D eigenvalue weighted by atomic mass is 10.0. The summed E-state index contributed by atoms with van der Waals surface area (Å²) < 4.78 is 0. The number of aliphatic hydroxyl groups excluding tert-OH is 1. The van der Waals surface area contributed by atoms with Gasteiger partial charge in [-0.2, -0.15) is 0 Å². The Balaban J connectivity index is 1.96. The molecule has 0 saturated heterocycles. The number of hydrogen-bond acceptors (Lipinski definition) is 3. The number of nitrogens with zero attached hydrogens (tertiary/aromatic N) is 1. The van der Waals surface area contributed by atoms with E-state index in [0.29, 0.717) is 12.6 Å². The fourth-order valence-electron chi connectivity index (χ4n) is 2.41. The van der Waals surface area contributed by atoms with Crippen molar-refractivity contribution < 1.29 is 5.11 Å². The third-order valence-corrected chi connectivity index (χ3v) is 4.24. The maximum atomic E-state index is 9.36. The van der Waals surface area contributed by atoms with Gasteiger partial charge in [0.2, 0.25) is 0 Å². The smallest absolute Gasteiger partial charge is 0.0499 e. The molecule has 1 aromatic carbocycles. The minimum absolute atomic E-state index is 0.178. The second-order valence-electron chi connectivity index (χ2n) is 5.99. The van der Waals surface area contributed by atoms with E-state index >= 15 is 0 Å². The highest BCUT2D eigenvalue weighted by Crippen LogP contribution is 2.44. The fourth-order valence-corrected chi connectivity index (χ4v) is 2.41. The van der Waals surface area contributed by atoms with Gasteiger partial charge in [0.05, 0.1) is 0 Å². The quantitative estimate of drug-likeness (QED) is 0.793. The molecule has 106 valence electrons. The normalized spacial score (nSPS) is 18.1. The van der Waals surface area contributed by atoms with Gasteiger partial charge in [0.1, 0.15) is 0 Å². The topological polar surface area (TPSA) is 35.5 Å². The van der Waals surface area contributed by atoms with Crippen LogP contribution < -0.4 is 10.2 Å². The molecule has 3 heteroatoms. The van der Waals surface area contributed by atoms with E-state index in [1.54, 1.807) is 0 Å². The van der Waals surface area contributed by atoms with Crippen molar-refractivity contribution >= 4 is 5.69 Å². The molecule has 1 aliphatic rings. The van der Waals surface area contributed by atoms with Crippen LogP contribution in [0.25, 0.3) is 0 Å². The van der Waals surface area contributed by atoms with Gasteiger partial charge in [-0.3, -0.25) is 0 Å². The van der Waals surface area contributed by atoms with Crippen molar-refractivity contribution in [3.05, 3.63) is 29.8 Å². The van der Waals surface area contributed by atoms with Crippen molar-refractivity contribution in [2.45, 2.75) is 32.2 Å². The lowest BCUT2D eigenvalue weighted by molar-refractivity contribution is 0.203. The van der Waals surface area contributed by atoms with Crippen LogP contribution in [0.15, 0.2) is 24.3 Å². The summed E-state index contributed by atoms with van der Waals surface area (Å²) in [6, 6.07) is 9.13. The van der Waals surface area contributed by atoms with Crippen molar-refractivity contribution in [1.82, 2.24) is 5.32 Å². The first-order valence-corrected chi connectivity index (χ1v) is 7.22. The van der Waals surface area contributed by atoms with Gasteiger partial charge in [0.25, 0.3) is 0 Å². The number of benzene rings is 1. The Hall–Kier alpha value is -1.06. The Kier molecular flexibility index (Phi) is 4.48. The van der Waals surface area contributed by atoms with E-state index in [2.05, 4.69) is 55.5 Å². The summed E-state index contributed by atoms with van der Waals surface area (Å²) >= 11 is 0. The van der Waals surface area contributed by atoms with E-state index in [-0.39, 0.29) is 5.41 Å². The van der Waals surface area contributed by atoms with Crippen molar-refractivity contribution in [3.63, 3.8) is 0 Å². The van der Waals surface area contributed by atoms with Crippen LogP contribution in [-0.4, -0.2) is 32.4 Å². The van der Waals surface area contributed by atoms with Crippen LogP contribution in [0, 0.1) is 5.41 Å². The van der Waals surface area contributed by atoms with Gasteiger partial charge in [0, 0.05) is 44.4 Å². The molecule has 1 fully saturated rings. The molecule has 0 bridgehead atoms. The molecule has 0 radical (unpaired) electrons. The summed E-state index contributed by atoms with van der Waals surface area (Å²) in [6.45, 7) is 3.45. The lowest BCUT2D eigenvalue weighted by Gasteiger charge is -2.22. The van der Waals surface area contributed by atoms with E-state index in [1.165, 1.54) is 11.3 Å². The second-order valence-corrected chi connectivity index (χ2v) is 5.99. The van der Waals surface area contributed by atoms with Gasteiger partial charge < -0.3 is 15.3 Å². The van der Waals surface area contributed by atoms with Crippen LogP contribution in [0.4, 0.5) is 5.69 Å². The van der Waals surface area contributed by atoms with E-state index in [9.17, 15) is 5.11 Å². The Morgan fingerprint density at radius 2 is 1.89 bits per heavy atom. The van der Waals surface area contributed by atoms with Crippen molar-refractivity contribution in [1.29, 1.82) is 0 Å². The molecule has 0 spiro atoms. The lowest BCUT2D eigenvalue weighted by Crippen LogP contribution is -2.30. The molecule has 1 aromatic rings. The Labute approximate surface area is 116 Å². The first kappa shape index (κ1) is 14.4. The minimum atomic E-state index is 0.178. The highest BCUT2D eigenvalue weighted by molar-refractivity contribution is 5.46. The van der Waals surface area contributed by atoms with Crippen molar-refractivity contribution in [3.8, 4) is 0 Å². The standard InChI is InChI=1S/C16H26N2O/c1-4-15(17-11-16(12-19)9-10-16)13-5-7-14(8-6-13)18(2)3/h5-8,15,17,19H,4,9-12H2,1-3H3. The van der Waals surface area contributed by atoms with Crippen LogP contribution in [0.5, 0.6) is 0 Å². The molecule has 0 aromatic heterocycles. The molecule has 1 aliphatic carbocycles. The third kappa shape index (κ3) is 3.48. The molecule has 3 nitrogen and oxygen atoms in total. The highest BCUT2D eigenvalue weighted by Gasteiger charge is 2.41. The summed E-state index contributed by atoms with van der Waals surface area (Å²) in [5, 5.41) is 13.0. The van der Waals surface area contributed by atoms with E-state index in [0.717, 1.165) is 25.8 Å². The second kappa shape index (κ2) is 5.93. The average molecular weight is 262 g/mol. The van der Waals surface area contributed by atoms with E-state index in [4.69, 9.17) is 0 Å². The van der Waals surface area contributed by atoms with Crippen molar-refractivity contribution in [2.24, 2.45) is 5.41 Å². The zero-order valence-corrected chi connectivity index (χ0v) is 12.3. The van der Waals surface area contributed by atoms with E-state index in [1.807, 2.05) is 0 Å². The summed E-state index contributed by atoms with van der Waals surface area (Å²) in [6.07, 6.45) is 3.39. The van der Waals surface area contributed by atoms with E-state index < -0.39 is 0 Å². The maximum Gasteiger partial charge on any atom is 0.0499 e. The number of aliphatic hydroxyl groups is 1. The van der Waals surface area contributed by atoms with Crippen molar-refractivity contribution in [2.75, 3.05) is 32.1 Å².